The van der Waals surface area contributed by atoms with Crippen molar-refractivity contribution in [3.8, 4) is 5.69 Å². The number of piperazine rings is 1. The van der Waals surface area contributed by atoms with E-state index in [1.54, 1.807) is 12.4 Å². The van der Waals surface area contributed by atoms with Crippen LogP contribution in [0.4, 0.5) is 10.5 Å². The van der Waals surface area contributed by atoms with Crippen molar-refractivity contribution in [3.05, 3.63) is 90.4 Å². The minimum absolute atomic E-state index is 0.0712. The van der Waals surface area contributed by atoms with Crippen molar-refractivity contribution in [2.24, 2.45) is 0 Å². The maximum atomic E-state index is 13.5. The summed E-state index contributed by atoms with van der Waals surface area (Å²) in [4.78, 5) is 34.2. The molecule has 1 aliphatic heterocycles. The molecule has 8 nitrogen and oxygen atoms in total. The Morgan fingerprint density at radius 3 is 2.41 bits per heavy atom. The lowest BCUT2D eigenvalue weighted by atomic mass is 10.1. The van der Waals surface area contributed by atoms with E-state index in [1.165, 1.54) is 0 Å². The van der Waals surface area contributed by atoms with Crippen molar-refractivity contribution >= 4 is 28.5 Å². The summed E-state index contributed by atoms with van der Waals surface area (Å²) in [6.45, 7) is 8.05. The average molecular weight is 497 g/mol. The Bertz CT molecular complexity index is 1370. The fourth-order valence-electron chi connectivity index (χ4n) is 4.74. The molecule has 0 radical (unpaired) electrons. The van der Waals surface area contributed by atoms with Crippen LogP contribution >= 0.6 is 0 Å². The van der Waals surface area contributed by atoms with Gasteiger partial charge in [-0.05, 0) is 55.8 Å². The molecule has 0 spiro atoms. The number of hydrogen-bond acceptors (Lipinski definition) is 4. The second kappa shape index (κ2) is 10.8. The summed E-state index contributed by atoms with van der Waals surface area (Å²) in [5.41, 5.74) is 4.22. The Morgan fingerprint density at radius 2 is 1.70 bits per heavy atom. The molecule has 2 aromatic heterocycles. The zero-order valence-electron chi connectivity index (χ0n) is 21.2. The number of aromatic nitrogens is 2. The number of nitrogens with zero attached hydrogens (tertiary/aromatic N) is 4. The van der Waals surface area contributed by atoms with E-state index in [4.69, 9.17) is 0 Å². The number of nitrogens with one attached hydrogen (secondary N) is 2. The molecule has 2 aromatic carbocycles. The van der Waals surface area contributed by atoms with Crippen molar-refractivity contribution in [2.45, 2.75) is 26.4 Å². The Hall–Kier alpha value is -4.17. The molecule has 37 heavy (non-hydrogen) atoms. The molecule has 4 aromatic rings. The Balaban J connectivity index is 1.30. The number of pyridine rings is 1. The van der Waals surface area contributed by atoms with Crippen LogP contribution in [0.25, 0.3) is 16.6 Å². The standard InChI is InChI=1S/C29H32N6O2/c1-21(2)33-14-16-34(17-15-33)28(36)26-20-35(27-8-4-3-7-25(26)27)24-11-9-23(10-12-24)32-29(37)31-19-22-6-5-13-30-18-22/h3-13,18,20-21H,14-17,19H2,1-2H3,(H2,31,32,37). The highest BCUT2D eigenvalue weighted by molar-refractivity contribution is 6.07. The minimum Gasteiger partial charge on any atom is -0.336 e. The van der Waals surface area contributed by atoms with Gasteiger partial charge >= 0.3 is 6.03 Å². The highest BCUT2D eigenvalue weighted by Crippen LogP contribution is 2.27. The number of amides is 3. The first-order chi connectivity index (χ1) is 18.0. The quantitative estimate of drug-likeness (QED) is 0.411. The summed E-state index contributed by atoms with van der Waals surface area (Å²) < 4.78 is 2.04. The molecule has 1 fully saturated rings. The van der Waals surface area contributed by atoms with E-state index in [2.05, 4.69) is 34.4 Å². The molecule has 0 bridgehead atoms. The molecule has 0 atom stereocenters. The van der Waals surface area contributed by atoms with Crippen LogP contribution in [0.15, 0.2) is 79.3 Å². The van der Waals surface area contributed by atoms with Crippen molar-refractivity contribution in [2.75, 3.05) is 31.5 Å². The Morgan fingerprint density at radius 1 is 0.946 bits per heavy atom. The first-order valence-corrected chi connectivity index (χ1v) is 12.7. The van der Waals surface area contributed by atoms with Gasteiger partial charge in [0.2, 0.25) is 0 Å². The number of hydrogen-bond donors (Lipinski definition) is 2. The number of benzene rings is 2. The molecule has 0 aliphatic carbocycles. The topological polar surface area (TPSA) is 82.5 Å². The van der Waals surface area contributed by atoms with Gasteiger partial charge in [0.05, 0.1) is 11.1 Å². The first-order valence-electron chi connectivity index (χ1n) is 12.7. The predicted octanol–water partition coefficient (Wildman–Crippen LogP) is 4.51. The SMILES string of the molecule is CC(C)N1CCN(C(=O)c2cn(-c3ccc(NC(=O)NCc4cccnc4)cc3)c3ccccc23)CC1. The van der Waals surface area contributed by atoms with Crippen molar-refractivity contribution < 1.29 is 9.59 Å². The summed E-state index contributed by atoms with van der Waals surface area (Å²) in [6, 6.07) is 19.6. The van der Waals surface area contributed by atoms with E-state index >= 15 is 0 Å². The smallest absolute Gasteiger partial charge is 0.319 e. The molecule has 3 heterocycles. The van der Waals surface area contributed by atoms with Gasteiger partial charge in [0.1, 0.15) is 0 Å². The van der Waals surface area contributed by atoms with E-state index in [9.17, 15) is 9.59 Å². The van der Waals surface area contributed by atoms with Crippen LogP contribution in [0.3, 0.4) is 0 Å². The Labute approximate surface area is 216 Å². The lowest BCUT2D eigenvalue weighted by Gasteiger charge is -2.36. The van der Waals surface area contributed by atoms with E-state index < -0.39 is 0 Å². The number of carbonyl (C=O) groups excluding carboxylic acids is 2. The molecular formula is C29H32N6O2. The van der Waals surface area contributed by atoms with Gasteiger partial charge in [0, 0.05) is 74.1 Å². The van der Waals surface area contributed by atoms with Gasteiger partial charge in [-0.1, -0.05) is 24.3 Å². The molecule has 8 heteroatoms. The third kappa shape index (κ3) is 5.49. The second-order valence-corrected chi connectivity index (χ2v) is 9.57. The monoisotopic (exact) mass is 496 g/mol. The molecule has 5 rings (SSSR count). The van der Waals surface area contributed by atoms with Gasteiger partial charge in [0.25, 0.3) is 5.91 Å². The van der Waals surface area contributed by atoms with E-state index in [-0.39, 0.29) is 11.9 Å². The van der Waals surface area contributed by atoms with Gasteiger partial charge in [0.15, 0.2) is 0 Å². The van der Waals surface area contributed by atoms with Crippen LogP contribution in [-0.2, 0) is 6.54 Å². The third-order valence-corrected chi connectivity index (χ3v) is 6.85. The number of carbonyl (C=O) groups is 2. The molecule has 1 saturated heterocycles. The zero-order chi connectivity index (χ0) is 25.8. The number of anilines is 1. The first kappa shape index (κ1) is 24.5. The lowest BCUT2D eigenvalue weighted by Crippen LogP contribution is -2.50. The summed E-state index contributed by atoms with van der Waals surface area (Å²) in [7, 11) is 0. The van der Waals surface area contributed by atoms with Gasteiger partial charge in [-0.25, -0.2) is 4.79 Å². The zero-order valence-corrected chi connectivity index (χ0v) is 21.2. The number of fused-ring (bicyclic) bond motifs is 1. The molecule has 0 unspecified atom stereocenters. The maximum absolute atomic E-state index is 13.5. The summed E-state index contributed by atoms with van der Waals surface area (Å²) in [5.74, 6) is 0.0712. The van der Waals surface area contributed by atoms with Crippen molar-refractivity contribution in [3.63, 3.8) is 0 Å². The molecular weight excluding hydrogens is 464 g/mol. The molecule has 1 aliphatic rings. The Kier molecular flexibility index (Phi) is 7.18. The third-order valence-electron chi connectivity index (χ3n) is 6.85. The predicted molar refractivity (Wildman–Crippen MR) is 146 cm³/mol. The number of urea groups is 1. The van der Waals surface area contributed by atoms with Crippen LogP contribution in [0.5, 0.6) is 0 Å². The highest BCUT2D eigenvalue weighted by Gasteiger charge is 2.26. The largest absolute Gasteiger partial charge is 0.336 e. The molecule has 190 valence electrons. The summed E-state index contributed by atoms with van der Waals surface area (Å²) in [5, 5.41) is 6.64. The van der Waals surface area contributed by atoms with Crippen LogP contribution in [0, 0.1) is 0 Å². The normalized spacial score (nSPS) is 14.2. The van der Waals surface area contributed by atoms with Crippen LogP contribution in [0.2, 0.25) is 0 Å². The fourth-order valence-corrected chi connectivity index (χ4v) is 4.74. The summed E-state index contributed by atoms with van der Waals surface area (Å²) in [6.07, 6.45) is 5.36. The minimum atomic E-state index is -0.284. The van der Waals surface area contributed by atoms with Crippen molar-refractivity contribution in [1.82, 2.24) is 24.7 Å². The van der Waals surface area contributed by atoms with Crippen molar-refractivity contribution in [1.29, 1.82) is 0 Å². The number of rotatable bonds is 6. The van der Waals surface area contributed by atoms with Gasteiger partial charge in [-0.15, -0.1) is 0 Å². The van der Waals surface area contributed by atoms with Gasteiger partial charge < -0.3 is 20.1 Å². The number of para-hydroxylation sites is 1. The molecule has 2 N–H and O–H groups in total. The van der Waals surface area contributed by atoms with E-state index in [0.29, 0.717) is 23.8 Å². The highest BCUT2D eigenvalue weighted by atomic mass is 16.2. The molecule has 0 saturated carbocycles. The van der Waals surface area contributed by atoms with Crippen LogP contribution < -0.4 is 10.6 Å². The molecule has 3 amide bonds. The van der Waals surface area contributed by atoms with E-state index in [1.807, 2.05) is 76.3 Å². The van der Waals surface area contributed by atoms with Gasteiger partial charge in [-0.2, -0.15) is 0 Å². The van der Waals surface area contributed by atoms with Crippen LogP contribution in [0.1, 0.15) is 29.8 Å². The lowest BCUT2D eigenvalue weighted by molar-refractivity contribution is 0.0597. The van der Waals surface area contributed by atoms with Crippen LogP contribution in [-0.4, -0.2) is 63.5 Å². The maximum Gasteiger partial charge on any atom is 0.319 e. The fraction of sp³-hybridized carbons (Fsp3) is 0.276. The van der Waals surface area contributed by atoms with E-state index in [0.717, 1.165) is 48.3 Å². The summed E-state index contributed by atoms with van der Waals surface area (Å²) >= 11 is 0. The average Bonchev–Trinajstić information content (AvgIpc) is 3.32. The van der Waals surface area contributed by atoms with Gasteiger partial charge in [-0.3, -0.25) is 14.7 Å². The second-order valence-electron chi connectivity index (χ2n) is 9.57.